The molecular formula is C18H19N3O5. The van der Waals surface area contributed by atoms with E-state index in [9.17, 15) is 15.0 Å². The first-order valence-corrected chi connectivity index (χ1v) is 7.80. The number of hydrogen-bond donors (Lipinski definition) is 3. The van der Waals surface area contributed by atoms with Crippen LogP contribution in [0.3, 0.4) is 0 Å². The minimum Gasteiger partial charge on any atom is -0.493 e. The smallest absolute Gasteiger partial charge is 0.255 e. The van der Waals surface area contributed by atoms with E-state index in [2.05, 4.69) is 10.3 Å². The summed E-state index contributed by atoms with van der Waals surface area (Å²) in [6.07, 6.45) is 1.66. The monoisotopic (exact) mass is 357 g/mol. The summed E-state index contributed by atoms with van der Waals surface area (Å²) >= 11 is 0. The zero-order valence-electron chi connectivity index (χ0n) is 14.6. The highest BCUT2D eigenvalue weighted by atomic mass is 16.5. The Bertz CT molecular complexity index is 867. The molecule has 3 N–H and O–H groups in total. The van der Waals surface area contributed by atoms with Crippen LogP contribution in [0.5, 0.6) is 11.5 Å². The van der Waals surface area contributed by atoms with Crippen molar-refractivity contribution < 1.29 is 24.5 Å². The molecule has 1 unspecified atom stereocenters. The van der Waals surface area contributed by atoms with E-state index in [0.29, 0.717) is 28.3 Å². The lowest BCUT2D eigenvalue weighted by Crippen LogP contribution is -2.36. The number of ether oxygens (including phenoxy) is 2. The molecule has 1 aromatic carbocycles. The van der Waals surface area contributed by atoms with Crippen molar-refractivity contribution >= 4 is 11.6 Å². The van der Waals surface area contributed by atoms with Crippen molar-refractivity contribution in [1.29, 1.82) is 0 Å². The number of carbonyl (C=O) groups excluding carboxylic acids is 1. The molecule has 26 heavy (non-hydrogen) atoms. The highest BCUT2D eigenvalue weighted by Gasteiger charge is 2.35. The number of aliphatic hydroxyl groups is 2. The van der Waals surface area contributed by atoms with Crippen molar-refractivity contribution in [3.8, 4) is 11.5 Å². The van der Waals surface area contributed by atoms with E-state index in [1.165, 1.54) is 43.6 Å². The van der Waals surface area contributed by atoms with Crippen LogP contribution in [0.1, 0.15) is 22.0 Å². The molecule has 0 aliphatic carbocycles. The summed E-state index contributed by atoms with van der Waals surface area (Å²) in [5, 5.41) is 23.9. The first-order chi connectivity index (χ1) is 12.5. The lowest BCUT2D eigenvalue weighted by Gasteiger charge is -2.33. The maximum atomic E-state index is 12.4. The zero-order chi connectivity index (χ0) is 18.8. The Morgan fingerprint density at radius 1 is 1.19 bits per heavy atom. The van der Waals surface area contributed by atoms with Gasteiger partial charge in [-0.3, -0.25) is 9.78 Å². The van der Waals surface area contributed by atoms with E-state index in [1.54, 1.807) is 19.2 Å². The topological polar surface area (TPSA) is 104 Å². The highest BCUT2D eigenvalue weighted by molar-refractivity contribution is 5.95. The van der Waals surface area contributed by atoms with Crippen LogP contribution in [0.4, 0.5) is 5.69 Å². The third-order valence-corrected chi connectivity index (χ3v) is 4.22. The summed E-state index contributed by atoms with van der Waals surface area (Å²) in [7, 11) is 4.56. The number of hydrogen-bond acceptors (Lipinski definition) is 7. The van der Waals surface area contributed by atoms with Crippen molar-refractivity contribution in [1.82, 2.24) is 10.3 Å². The lowest BCUT2D eigenvalue weighted by molar-refractivity contribution is 0.0939. The Labute approximate surface area is 150 Å². The van der Waals surface area contributed by atoms with Gasteiger partial charge in [0.25, 0.3) is 5.91 Å². The third kappa shape index (κ3) is 2.80. The number of aliphatic hydroxyl groups excluding tert-OH is 2. The van der Waals surface area contributed by atoms with Gasteiger partial charge in [-0.1, -0.05) is 0 Å². The van der Waals surface area contributed by atoms with E-state index in [0.717, 1.165) is 0 Å². The van der Waals surface area contributed by atoms with Crippen LogP contribution in [0, 0.1) is 0 Å². The molecule has 1 aliphatic heterocycles. The standard InChI is InChI=1S/C18H19N3O5/c1-21-11-4-5-12(25-2)16(26-3)13(11)15(22)14(18(21)24)20-17(23)10-6-8-19-9-7-10/h4-9,15,22,24H,1-3H3,(H,20,23). The maximum Gasteiger partial charge on any atom is 0.255 e. The summed E-state index contributed by atoms with van der Waals surface area (Å²) in [5.74, 6) is 0.0127. The normalized spacial score (nSPS) is 16.2. The summed E-state index contributed by atoms with van der Waals surface area (Å²) in [6.45, 7) is 0. The van der Waals surface area contributed by atoms with Crippen molar-refractivity contribution in [2.45, 2.75) is 6.10 Å². The Kier molecular flexibility index (Phi) is 4.68. The fourth-order valence-corrected chi connectivity index (χ4v) is 2.88. The van der Waals surface area contributed by atoms with Crippen LogP contribution >= 0.6 is 0 Å². The Morgan fingerprint density at radius 3 is 2.50 bits per heavy atom. The molecule has 0 bridgehead atoms. The molecule has 0 radical (unpaired) electrons. The average Bonchev–Trinajstić information content (AvgIpc) is 2.68. The molecule has 2 heterocycles. The third-order valence-electron chi connectivity index (χ3n) is 4.22. The van der Waals surface area contributed by atoms with Gasteiger partial charge in [-0.2, -0.15) is 0 Å². The molecule has 0 saturated heterocycles. The minimum absolute atomic E-state index is 0.0478. The largest absolute Gasteiger partial charge is 0.493 e. The number of amides is 1. The van der Waals surface area contributed by atoms with Gasteiger partial charge in [0.05, 0.1) is 25.5 Å². The predicted molar refractivity (Wildman–Crippen MR) is 94.3 cm³/mol. The lowest BCUT2D eigenvalue weighted by atomic mass is 9.98. The van der Waals surface area contributed by atoms with Crippen molar-refractivity contribution in [3.05, 3.63) is 59.4 Å². The van der Waals surface area contributed by atoms with Gasteiger partial charge < -0.3 is 29.9 Å². The van der Waals surface area contributed by atoms with Crippen molar-refractivity contribution in [2.75, 3.05) is 26.2 Å². The fourth-order valence-electron chi connectivity index (χ4n) is 2.88. The number of fused-ring (bicyclic) bond motifs is 1. The first-order valence-electron chi connectivity index (χ1n) is 7.80. The molecule has 0 spiro atoms. The van der Waals surface area contributed by atoms with Gasteiger partial charge in [-0.25, -0.2) is 0 Å². The molecule has 8 nitrogen and oxygen atoms in total. The summed E-state index contributed by atoms with van der Waals surface area (Å²) in [5.41, 5.74) is 1.22. The second-order valence-corrected chi connectivity index (χ2v) is 5.62. The number of anilines is 1. The van der Waals surface area contributed by atoms with Crippen LogP contribution in [0.15, 0.2) is 48.2 Å². The van der Waals surface area contributed by atoms with E-state index in [-0.39, 0.29) is 11.6 Å². The van der Waals surface area contributed by atoms with E-state index in [1.807, 2.05) is 0 Å². The van der Waals surface area contributed by atoms with Gasteiger partial charge in [-0.15, -0.1) is 0 Å². The van der Waals surface area contributed by atoms with Gasteiger partial charge in [0.2, 0.25) is 5.88 Å². The summed E-state index contributed by atoms with van der Waals surface area (Å²) in [6, 6.07) is 6.43. The zero-order valence-corrected chi connectivity index (χ0v) is 14.6. The van der Waals surface area contributed by atoms with Gasteiger partial charge >= 0.3 is 0 Å². The number of nitrogens with zero attached hydrogens (tertiary/aromatic N) is 2. The first kappa shape index (κ1) is 17.6. The summed E-state index contributed by atoms with van der Waals surface area (Å²) < 4.78 is 10.7. The van der Waals surface area contributed by atoms with Gasteiger partial charge in [0.1, 0.15) is 11.8 Å². The molecule has 3 rings (SSSR count). The van der Waals surface area contributed by atoms with E-state index in [4.69, 9.17) is 9.47 Å². The van der Waals surface area contributed by atoms with Crippen LogP contribution in [-0.4, -0.2) is 42.4 Å². The van der Waals surface area contributed by atoms with E-state index < -0.39 is 12.0 Å². The molecule has 136 valence electrons. The Balaban J connectivity index is 2.03. The Morgan fingerprint density at radius 2 is 1.88 bits per heavy atom. The van der Waals surface area contributed by atoms with Crippen LogP contribution in [0.25, 0.3) is 0 Å². The quantitative estimate of drug-likeness (QED) is 0.765. The highest BCUT2D eigenvalue weighted by Crippen LogP contribution is 2.46. The maximum absolute atomic E-state index is 12.4. The van der Waals surface area contributed by atoms with Gasteiger partial charge in [-0.05, 0) is 24.3 Å². The molecular weight excluding hydrogens is 338 g/mol. The fraction of sp³-hybridized carbons (Fsp3) is 0.222. The average molecular weight is 357 g/mol. The van der Waals surface area contributed by atoms with Gasteiger partial charge in [0, 0.05) is 25.0 Å². The second kappa shape index (κ2) is 6.93. The van der Waals surface area contributed by atoms with Crippen LogP contribution in [-0.2, 0) is 0 Å². The van der Waals surface area contributed by atoms with Crippen LogP contribution < -0.4 is 19.7 Å². The molecule has 0 saturated carbocycles. The molecule has 1 amide bonds. The van der Waals surface area contributed by atoms with E-state index >= 15 is 0 Å². The Hall–Kier alpha value is -3.26. The second-order valence-electron chi connectivity index (χ2n) is 5.62. The molecule has 8 heteroatoms. The van der Waals surface area contributed by atoms with Gasteiger partial charge in [0.15, 0.2) is 11.5 Å². The number of rotatable bonds is 4. The molecule has 0 fully saturated rings. The number of pyridine rings is 1. The van der Waals surface area contributed by atoms with Crippen LogP contribution in [0.2, 0.25) is 0 Å². The molecule has 2 aromatic rings. The van der Waals surface area contributed by atoms with Crippen molar-refractivity contribution in [3.63, 3.8) is 0 Å². The number of nitrogens with one attached hydrogen (secondary N) is 1. The van der Waals surface area contributed by atoms with Crippen molar-refractivity contribution in [2.24, 2.45) is 0 Å². The molecule has 1 atom stereocenters. The SMILES string of the molecule is COc1ccc2c(c1OC)C(O)C(NC(=O)c1ccncc1)=C(O)N2C. The predicted octanol–water partition coefficient (Wildman–Crippen LogP) is 1.74. The minimum atomic E-state index is -1.31. The number of carbonyl (C=O) groups is 1. The number of methoxy groups -OCH3 is 2. The number of aromatic nitrogens is 1. The molecule has 1 aliphatic rings. The summed E-state index contributed by atoms with van der Waals surface area (Å²) in [4.78, 5) is 17.7. The molecule has 1 aromatic heterocycles. The number of benzene rings is 1.